The average Bonchev–Trinajstić information content (AvgIpc) is 2.46. The number of aromatic nitrogens is 1. The van der Waals surface area contributed by atoms with E-state index in [1.165, 1.54) is 7.11 Å². The Balaban J connectivity index is 2.12. The summed E-state index contributed by atoms with van der Waals surface area (Å²) >= 11 is 0. The van der Waals surface area contributed by atoms with E-state index >= 15 is 0 Å². The highest BCUT2D eigenvalue weighted by Gasteiger charge is 2.11. The first-order valence-corrected chi connectivity index (χ1v) is 5.76. The minimum absolute atomic E-state index is 0.0586. The van der Waals surface area contributed by atoms with Crippen LogP contribution in [0.2, 0.25) is 0 Å². The Morgan fingerprint density at radius 3 is 2.50 bits per heavy atom. The minimum Gasteiger partial charge on any atom is -0.481 e. The molecule has 2 aromatic rings. The van der Waals surface area contributed by atoms with Crippen LogP contribution in [0.5, 0.6) is 5.88 Å². The summed E-state index contributed by atoms with van der Waals surface area (Å²) in [6.07, 6.45) is 1.55. The number of ether oxygens (including phenoxy) is 1. The van der Waals surface area contributed by atoms with E-state index in [4.69, 9.17) is 10.00 Å². The summed E-state index contributed by atoms with van der Waals surface area (Å²) in [6, 6.07) is 7.05. The van der Waals surface area contributed by atoms with Crippen LogP contribution in [0.1, 0.15) is 11.1 Å². The Bertz CT molecular complexity index is 627. The molecule has 1 aromatic heterocycles. The van der Waals surface area contributed by atoms with Crippen molar-refractivity contribution in [3.63, 3.8) is 0 Å². The number of pyridine rings is 1. The van der Waals surface area contributed by atoms with Gasteiger partial charge in [-0.25, -0.2) is 13.8 Å². The van der Waals surface area contributed by atoms with Crippen molar-refractivity contribution in [1.82, 2.24) is 4.98 Å². The molecule has 0 unspecified atom stereocenters. The molecule has 102 valence electrons. The van der Waals surface area contributed by atoms with Gasteiger partial charge in [0.05, 0.1) is 18.7 Å². The summed E-state index contributed by atoms with van der Waals surface area (Å²) in [7, 11) is 1.50. The predicted octanol–water partition coefficient (Wildman–Crippen LogP) is 2.85. The van der Waals surface area contributed by atoms with Crippen LogP contribution in [0.4, 0.5) is 14.5 Å². The fraction of sp³-hybridized carbons (Fsp3) is 0.143. The molecule has 0 bridgehead atoms. The second-order valence-corrected chi connectivity index (χ2v) is 3.99. The van der Waals surface area contributed by atoms with Gasteiger partial charge >= 0.3 is 0 Å². The molecule has 0 amide bonds. The van der Waals surface area contributed by atoms with E-state index in [0.29, 0.717) is 5.88 Å². The molecule has 0 spiro atoms. The van der Waals surface area contributed by atoms with Crippen LogP contribution in [0.15, 0.2) is 30.5 Å². The van der Waals surface area contributed by atoms with Gasteiger partial charge in [-0.15, -0.1) is 0 Å². The Hall–Kier alpha value is -2.68. The van der Waals surface area contributed by atoms with Crippen LogP contribution in [-0.2, 0) is 6.54 Å². The average molecular weight is 275 g/mol. The van der Waals surface area contributed by atoms with Crippen LogP contribution in [-0.4, -0.2) is 12.1 Å². The molecule has 0 saturated carbocycles. The molecule has 0 atom stereocenters. The summed E-state index contributed by atoms with van der Waals surface area (Å²) in [5.41, 5.74) is 0.422. The Morgan fingerprint density at radius 2 is 2.00 bits per heavy atom. The van der Waals surface area contributed by atoms with Crippen molar-refractivity contribution in [2.75, 3.05) is 12.4 Å². The lowest BCUT2D eigenvalue weighted by Crippen LogP contribution is -2.05. The van der Waals surface area contributed by atoms with E-state index in [1.807, 2.05) is 0 Å². The standard InChI is InChI=1S/C14H11F2N3O/c1-20-13-3-2-9(7-18-13)8-19-14-11(15)4-10(6-17)5-12(14)16/h2-5,7,19H,8H2,1H3. The molecule has 20 heavy (non-hydrogen) atoms. The maximum Gasteiger partial charge on any atom is 0.212 e. The molecule has 0 aliphatic heterocycles. The van der Waals surface area contributed by atoms with Gasteiger partial charge in [0, 0.05) is 18.8 Å². The van der Waals surface area contributed by atoms with Gasteiger partial charge in [0.1, 0.15) is 5.69 Å². The van der Waals surface area contributed by atoms with Gasteiger partial charge in [-0.3, -0.25) is 0 Å². The Morgan fingerprint density at radius 1 is 1.30 bits per heavy atom. The summed E-state index contributed by atoms with van der Waals surface area (Å²) in [5.74, 6) is -1.14. The summed E-state index contributed by atoms with van der Waals surface area (Å²) in [5, 5.41) is 11.3. The summed E-state index contributed by atoms with van der Waals surface area (Å²) in [4.78, 5) is 3.99. The van der Waals surface area contributed by atoms with Crippen LogP contribution in [0.25, 0.3) is 0 Å². The second-order valence-electron chi connectivity index (χ2n) is 3.99. The molecule has 1 aromatic carbocycles. The second kappa shape index (κ2) is 5.97. The van der Waals surface area contributed by atoms with Crippen molar-refractivity contribution in [2.24, 2.45) is 0 Å². The van der Waals surface area contributed by atoms with Gasteiger partial charge < -0.3 is 10.1 Å². The summed E-state index contributed by atoms with van der Waals surface area (Å²) < 4.78 is 32.2. The highest BCUT2D eigenvalue weighted by molar-refractivity contribution is 5.50. The largest absolute Gasteiger partial charge is 0.481 e. The number of nitrogens with one attached hydrogen (secondary N) is 1. The zero-order valence-electron chi connectivity index (χ0n) is 10.7. The number of nitriles is 1. The number of halogens is 2. The molecular formula is C14H11F2N3O. The number of hydrogen-bond acceptors (Lipinski definition) is 4. The van der Waals surface area contributed by atoms with Gasteiger partial charge in [-0.1, -0.05) is 6.07 Å². The lowest BCUT2D eigenvalue weighted by atomic mass is 10.2. The van der Waals surface area contributed by atoms with Gasteiger partial charge in [0.25, 0.3) is 0 Å². The zero-order chi connectivity index (χ0) is 14.5. The lowest BCUT2D eigenvalue weighted by molar-refractivity contribution is 0.397. The monoisotopic (exact) mass is 275 g/mol. The fourth-order valence-corrected chi connectivity index (χ4v) is 1.63. The van der Waals surface area contributed by atoms with Gasteiger partial charge in [0.15, 0.2) is 11.6 Å². The number of rotatable bonds is 4. The molecule has 1 heterocycles. The number of benzene rings is 1. The highest BCUT2D eigenvalue weighted by atomic mass is 19.1. The third kappa shape index (κ3) is 3.01. The molecule has 6 heteroatoms. The Labute approximate surface area is 114 Å². The van der Waals surface area contributed by atoms with Crippen LogP contribution in [0.3, 0.4) is 0 Å². The number of anilines is 1. The van der Waals surface area contributed by atoms with E-state index in [0.717, 1.165) is 17.7 Å². The van der Waals surface area contributed by atoms with Crippen LogP contribution in [0, 0.1) is 23.0 Å². The Kier molecular flexibility index (Phi) is 4.11. The van der Waals surface area contributed by atoms with Crippen LogP contribution < -0.4 is 10.1 Å². The van der Waals surface area contributed by atoms with E-state index in [9.17, 15) is 8.78 Å². The van der Waals surface area contributed by atoms with E-state index < -0.39 is 11.6 Å². The molecule has 0 saturated heterocycles. The SMILES string of the molecule is COc1ccc(CNc2c(F)cc(C#N)cc2F)cn1. The molecular weight excluding hydrogens is 264 g/mol. The topological polar surface area (TPSA) is 57.9 Å². The lowest BCUT2D eigenvalue weighted by Gasteiger charge is -2.09. The zero-order valence-corrected chi connectivity index (χ0v) is 10.7. The van der Waals surface area contributed by atoms with Gasteiger partial charge in [-0.2, -0.15) is 5.26 Å². The molecule has 2 rings (SSSR count). The number of nitrogens with zero attached hydrogens (tertiary/aromatic N) is 2. The first-order chi connectivity index (χ1) is 9.63. The van der Waals surface area contributed by atoms with Crippen molar-refractivity contribution >= 4 is 5.69 Å². The quantitative estimate of drug-likeness (QED) is 0.932. The molecule has 4 nitrogen and oxygen atoms in total. The molecule has 0 radical (unpaired) electrons. The normalized spacial score (nSPS) is 9.90. The van der Waals surface area contributed by atoms with E-state index in [2.05, 4.69) is 10.3 Å². The van der Waals surface area contributed by atoms with Crippen LogP contribution >= 0.6 is 0 Å². The molecule has 1 N–H and O–H groups in total. The third-order valence-electron chi connectivity index (χ3n) is 2.65. The number of methoxy groups -OCH3 is 1. The van der Waals surface area contributed by atoms with Gasteiger partial charge in [-0.05, 0) is 17.7 Å². The van der Waals surface area contributed by atoms with Crippen molar-refractivity contribution in [3.05, 3.63) is 53.2 Å². The molecule has 0 aliphatic rings. The maximum absolute atomic E-state index is 13.6. The first kappa shape index (κ1) is 13.7. The fourth-order valence-electron chi connectivity index (χ4n) is 1.63. The van der Waals surface area contributed by atoms with E-state index in [-0.39, 0.29) is 17.8 Å². The maximum atomic E-state index is 13.6. The smallest absolute Gasteiger partial charge is 0.212 e. The van der Waals surface area contributed by atoms with Crippen molar-refractivity contribution in [2.45, 2.75) is 6.54 Å². The van der Waals surface area contributed by atoms with Crippen molar-refractivity contribution in [3.8, 4) is 11.9 Å². The molecule has 0 fully saturated rings. The van der Waals surface area contributed by atoms with Crippen molar-refractivity contribution < 1.29 is 13.5 Å². The van der Waals surface area contributed by atoms with Gasteiger partial charge in [0.2, 0.25) is 5.88 Å². The highest BCUT2D eigenvalue weighted by Crippen LogP contribution is 2.21. The van der Waals surface area contributed by atoms with E-state index in [1.54, 1.807) is 24.4 Å². The first-order valence-electron chi connectivity index (χ1n) is 5.76. The number of hydrogen-bond donors (Lipinski definition) is 1. The predicted molar refractivity (Wildman–Crippen MR) is 69.2 cm³/mol. The minimum atomic E-state index is -0.803. The molecule has 0 aliphatic carbocycles. The third-order valence-corrected chi connectivity index (χ3v) is 2.65. The van der Waals surface area contributed by atoms with Crippen molar-refractivity contribution in [1.29, 1.82) is 5.26 Å². The summed E-state index contributed by atoms with van der Waals surface area (Å²) in [6.45, 7) is 0.205.